The Balaban J connectivity index is 1.82. The van der Waals surface area contributed by atoms with Crippen LogP contribution in [0.1, 0.15) is 11.1 Å². The molecule has 2 heteroatoms. The molecular weight excluding hydrogens is 196 g/mol. The number of nitrogens with two attached hydrogens (primary N) is 1. The van der Waals surface area contributed by atoms with E-state index in [0.717, 1.165) is 18.8 Å². The fraction of sp³-hybridized carbons (Fsp3) is 0.143. The van der Waals surface area contributed by atoms with Gasteiger partial charge in [-0.2, -0.15) is 0 Å². The molecule has 0 spiro atoms. The van der Waals surface area contributed by atoms with Crippen molar-refractivity contribution in [3.8, 4) is 0 Å². The van der Waals surface area contributed by atoms with E-state index in [9.17, 15) is 0 Å². The van der Waals surface area contributed by atoms with Gasteiger partial charge in [-0.15, -0.1) is 0 Å². The molecule has 0 heterocycles. The highest BCUT2D eigenvalue weighted by Gasteiger charge is 1.93. The maximum atomic E-state index is 5.63. The summed E-state index contributed by atoms with van der Waals surface area (Å²) in [6.45, 7) is 1.76. The molecule has 0 saturated carbocycles. The second-order valence-corrected chi connectivity index (χ2v) is 3.83. The van der Waals surface area contributed by atoms with E-state index in [0.29, 0.717) is 0 Å². The van der Waals surface area contributed by atoms with Crippen molar-refractivity contribution < 1.29 is 0 Å². The van der Waals surface area contributed by atoms with Gasteiger partial charge >= 0.3 is 0 Å². The number of hydrogen-bond donors (Lipinski definition) is 2. The van der Waals surface area contributed by atoms with Crippen molar-refractivity contribution in [3.63, 3.8) is 0 Å². The Bertz CT molecular complexity index is 420. The fourth-order valence-corrected chi connectivity index (χ4v) is 1.58. The molecule has 82 valence electrons. The van der Waals surface area contributed by atoms with Crippen LogP contribution in [0.2, 0.25) is 0 Å². The molecule has 0 unspecified atom stereocenters. The molecular formula is C14H16N2. The van der Waals surface area contributed by atoms with Crippen molar-refractivity contribution in [1.82, 2.24) is 5.32 Å². The molecule has 2 aromatic carbocycles. The third-order valence-corrected chi connectivity index (χ3v) is 2.48. The van der Waals surface area contributed by atoms with Crippen LogP contribution >= 0.6 is 0 Å². The first kappa shape index (κ1) is 10.7. The maximum absolute atomic E-state index is 5.63. The minimum absolute atomic E-state index is 0.812. The summed E-state index contributed by atoms with van der Waals surface area (Å²) < 4.78 is 0. The normalized spacial score (nSPS) is 10.2. The lowest BCUT2D eigenvalue weighted by atomic mass is 10.2. The molecule has 3 N–H and O–H groups in total. The van der Waals surface area contributed by atoms with E-state index >= 15 is 0 Å². The van der Waals surface area contributed by atoms with E-state index in [1.165, 1.54) is 11.1 Å². The molecule has 2 nitrogen and oxygen atoms in total. The molecule has 0 atom stereocenters. The van der Waals surface area contributed by atoms with Gasteiger partial charge in [-0.3, -0.25) is 0 Å². The molecule has 0 aliphatic rings. The van der Waals surface area contributed by atoms with Gasteiger partial charge in [-0.25, -0.2) is 0 Å². The third kappa shape index (κ3) is 3.11. The minimum atomic E-state index is 0.812. The summed E-state index contributed by atoms with van der Waals surface area (Å²) in [5, 5.41) is 3.40. The van der Waals surface area contributed by atoms with E-state index in [4.69, 9.17) is 5.73 Å². The van der Waals surface area contributed by atoms with Gasteiger partial charge in [0.05, 0.1) is 0 Å². The number of benzene rings is 2. The van der Waals surface area contributed by atoms with Crippen LogP contribution < -0.4 is 11.1 Å². The zero-order valence-corrected chi connectivity index (χ0v) is 9.19. The van der Waals surface area contributed by atoms with Crippen LogP contribution in [-0.2, 0) is 13.1 Å². The number of rotatable bonds is 4. The predicted molar refractivity (Wildman–Crippen MR) is 67.8 cm³/mol. The van der Waals surface area contributed by atoms with Gasteiger partial charge in [0.2, 0.25) is 0 Å². The van der Waals surface area contributed by atoms with E-state index in [1.54, 1.807) is 0 Å². The Hall–Kier alpha value is -1.80. The molecule has 0 fully saturated rings. The molecule has 0 aliphatic carbocycles. The quantitative estimate of drug-likeness (QED) is 0.764. The lowest BCUT2D eigenvalue weighted by Crippen LogP contribution is -2.12. The largest absolute Gasteiger partial charge is 0.399 e. The highest BCUT2D eigenvalue weighted by molar-refractivity contribution is 5.39. The highest BCUT2D eigenvalue weighted by Crippen LogP contribution is 2.05. The van der Waals surface area contributed by atoms with Crippen LogP contribution in [0.15, 0.2) is 54.6 Å². The molecule has 0 radical (unpaired) electrons. The summed E-state index contributed by atoms with van der Waals surface area (Å²) in [4.78, 5) is 0. The molecule has 0 amide bonds. The summed E-state index contributed by atoms with van der Waals surface area (Å²) in [6, 6.07) is 18.3. The van der Waals surface area contributed by atoms with E-state index in [1.807, 2.05) is 30.3 Å². The smallest absolute Gasteiger partial charge is 0.0314 e. The van der Waals surface area contributed by atoms with Crippen molar-refractivity contribution in [2.75, 3.05) is 5.73 Å². The average Bonchev–Trinajstić information content (AvgIpc) is 2.33. The van der Waals surface area contributed by atoms with Crippen LogP contribution in [0.4, 0.5) is 5.69 Å². The third-order valence-electron chi connectivity index (χ3n) is 2.48. The minimum Gasteiger partial charge on any atom is -0.399 e. The standard InChI is InChI=1S/C14H16N2/c15-14-8-6-13(7-9-14)11-16-10-12-4-2-1-3-5-12/h1-9,16H,10-11,15H2. The Kier molecular flexibility index (Phi) is 3.57. The van der Waals surface area contributed by atoms with Gasteiger partial charge in [-0.1, -0.05) is 42.5 Å². The van der Waals surface area contributed by atoms with E-state index in [2.05, 4.69) is 29.6 Å². The Morgan fingerprint density at radius 1 is 0.750 bits per heavy atom. The molecule has 2 aromatic rings. The van der Waals surface area contributed by atoms with Crippen molar-refractivity contribution in [1.29, 1.82) is 0 Å². The summed E-state index contributed by atoms with van der Waals surface area (Å²) >= 11 is 0. The van der Waals surface area contributed by atoms with E-state index in [-0.39, 0.29) is 0 Å². The van der Waals surface area contributed by atoms with Crippen LogP contribution in [0.3, 0.4) is 0 Å². The maximum Gasteiger partial charge on any atom is 0.0314 e. The first-order chi connectivity index (χ1) is 7.84. The van der Waals surface area contributed by atoms with Crippen LogP contribution in [0, 0.1) is 0 Å². The zero-order valence-electron chi connectivity index (χ0n) is 9.19. The predicted octanol–water partition coefficient (Wildman–Crippen LogP) is 2.56. The summed E-state index contributed by atoms with van der Waals surface area (Å²) in [5.41, 5.74) is 9.00. The van der Waals surface area contributed by atoms with Crippen molar-refractivity contribution in [2.24, 2.45) is 0 Å². The molecule has 0 saturated heterocycles. The van der Waals surface area contributed by atoms with Gasteiger partial charge in [0.15, 0.2) is 0 Å². The number of anilines is 1. The van der Waals surface area contributed by atoms with Crippen LogP contribution in [0.5, 0.6) is 0 Å². The van der Waals surface area contributed by atoms with E-state index < -0.39 is 0 Å². The second kappa shape index (κ2) is 5.33. The van der Waals surface area contributed by atoms with Crippen LogP contribution in [-0.4, -0.2) is 0 Å². The molecule has 0 aliphatic heterocycles. The van der Waals surface area contributed by atoms with Gasteiger partial charge in [0, 0.05) is 18.8 Å². The number of hydrogen-bond acceptors (Lipinski definition) is 2. The topological polar surface area (TPSA) is 38.0 Å². The monoisotopic (exact) mass is 212 g/mol. The van der Waals surface area contributed by atoms with Crippen molar-refractivity contribution in [2.45, 2.75) is 13.1 Å². The summed E-state index contributed by atoms with van der Waals surface area (Å²) in [6.07, 6.45) is 0. The first-order valence-electron chi connectivity index (χ1n) is 5.43. The Labute approximate surface area is 96.1 Å². The lowest BCUT2D eigenvalue weighted by Gasteiger charge is -2.05. The summed E-state index contributed by atoms with van der Waals surface area (Å²) in [7, 11) is 0. The number of nitrogens with one attached hydrogen (secondary N) is 1. The van der Waals surface area contributed by atoms with Gasteiger partial charge < -0.3 is 11.1 Å². The Morgan fingerprint density at radius 2 is 1.31 bits per heavy atom. The summed E-state index contributed by atoms with van der Waals surface area (Å²) in [5.74, 6) is 0. The first-order valence-corrected chi connectivity index (χ1v) is 5.43. The highest BCUT2D eigenvalue weighted by atomic mass is 14.8. The number of nitrogen functional groups attached to an aromatic ring is 1. The van der Waals surface area contributed by atoms with Gasteiger partial charge in [-0.05, 0) is 23.3 Å². The molecule has 0 aromatic heterocycles. The zero-order chi connectivity index (χ0) is 11.2. The second-order valence-electron chi connectivity index (χ2n) is 3.83. The Morgan fingerprint density at radius 3 is 1.94 bits per heavy atom. The van der Waals surface area contributed by atoms with Crippen molar-refractivity contribution in [3.05, 3.63) is 65.7 Å². The lowest BCUT2D eigenvalue weighted by molar-refractivity contribution is 0.693. The fourth-order valence-electron chi connectivity index (χ4n) is 1.58. The van der Waals surface area contributed by atoms with Gasteiger partial charge in [0.25, 0.3) is 0 Å². The van der Waals surface area contributed by atoms with Crippen molar-refractivity contribution >= 4 is 5.69 Å². The van der Waals surface area contributed by atoms with Crippen LogP contribution in [0.25, 0.3) is 0 Å². The molecule has 2 rings (SSSR count). The van der Waals surface area contributed by atoms with Gasteiger partial charge in [0.1, 0.15) is 0 Å². The molecule has 0 bridgehead atoms. The average molecular weight is 212 g/mol. The molecule has 16 heavy (non-hydrogen) atoms. The SMILES string of the molecule is Nc1ccc(CNCc2ccccc2)cc1.